The lowest BCUT2D eigenvalue weighted by molar-refractivity contribution is 0.335. The first-order chi connectivity index (χ1) is 8.16. The highest BCUT2D eigenvalue weighted by atomic mass is 16.5. The van der Waals surface area contributed by atoms with Crippen LogP contribution in [0.2, 0.25) is 0 Å². The maximum atomic E-state index is 5.95. The molecule has 0 aliphatic heterocycles. The van der Waals surface area contributed by atoms with E-state index < -0.39 is 0 Å². The smallest absolute Gasteiger partial charge is 0.243 e. The summed E-state index contributed by atoms with van der Waals surface area (Å²) in [5.41, 5.74) is 5.95. The van der Waals surface area contributed by atoms with Gasteiger partial charge in [-0.3, -0.25) is 0 Å². The van der Waals surface area contributed by atoms with E-state index in [0.29, 0.717) is 23.5 Å². The van der Waals surface area contributed by atoms with E-state index in [2.05, 4.69) is 34.0 Å². The Balaban J connectivity index is 2.16. The number of hydrogen-bond donors (Lipinski definition) is 1. The van der Waals surface area contributed by atoms with Gasteiger partial charge in [0, 0.05) is 12.4 Å². The second kappa shape index (κ2) is 5.01. The van der Waals surface area contributed by atoms with E-state index >= 15 is 0 Å². The highest BCUT2D eigenvalue weighted by molar-refractivity contribution is 5.40. The summed E-state index contributed by atoms with van der Waals surface area (Å²) in [6, 6.07) is 1.49. The van der Waals surface area contributed by atoms with E-state index in [-0.39, 0.29) is 6.04 Å². The van der Waals surface area contributed by atoms with Crippen LogP contribution in [0.25, 0.3) is 11.6 Å². The Morgan fingerprint density at radius 1 is 1.24 bits per heavy atom. The first-order valence-corrected chi connectivity index (χ1v) is 5.53. The minimum atomic E-state index is -0.236. The van der Waals surface area contributed by atoms with Gasteiger partial charge in [0.2, 0.25) is 17.5 Å². The van der Waals surface area contributed by atoms with Crippen LogP contribution in [0.15, 0.2) is 23.0 Å². The summed E-state index contributed by atoms with van der Waals surface area (Å²) in [4.78, 5) is 12.3. The van der Waals surface area contributed by atoms with Gasteiger partial charge in [0.1, 0.15) is 0 Å². The fourth-order valence-corrected chi connectivity index (χ4v) is 1.50. The van der Waals surface area contributed by atoms with Crippen LogP contribution in [-0.4, -0.2) is 20.1 Å². The second-order valence-electron chi connectivity index (χ2n) is 4.26. The first-order valence-electron chi connectivity index (χ1n) is 5.53. The number of nitrogens with two attached hydrogens (primary N) is 1. The van der Waals surface area contributed by atoms with Gasteiger partial charge in [0.05, 0.1) is 6.04 Å². The molecule has 90 valence electrons. The number of nitrogens with zero attached hydrogens (tertiary/aromatic N) is 4. The normalized spacial score (nSPS) is 12.9. The van der Waals surface area contributed by atoms with Crippen molar-refractivity contribution in [3.63, 3.8) is 0 Å². The summed E-state index contributed by atoms with van der Waals surface area (Å²) in [6.07, 6.45) is 4.07. The molecule has 0 spiro atoms. The summed E-state index contributed by atoms with van der Waals surface area (Å²) in [5, 5.41) is 3.82. The molecule has 0 fully saturated rings. The summed E-state index contributed by atoms with van der Waals surface area (Å²) in [6.45, 7) is 4.19. The Kier molecular flexibility index (Phi) is 3.43. The second-order valence-corrected chi connectivity index (χ2v) is 4.26. The highest BCUT2D eigenvalue weighted by Crippen LogP contribution is 2.19. The molecule has 0 radical (unpaired) electrons. The Bertz CT molecular complexity index is 468. The van der Waals surface area contributed by atoms with E-state index in [1.807, 2.05) is 0 Å². The lowest BCUT2D eigenvalue weighted by atomic mass is 10.0. The van der Waals surface area contributed by atoms with Crippen LogP contribution in [0.1, 0.15) is 32.2 Å². The standard InChI is InChI=1S/C11H15N5O/c1-7(2)6-8(12)11-15-10(16-17-11)9-13-4-3-5-14-9/h3-5,7-8H,6,12H2,1-2H3/t8-/m0/s1. The molecule has 6 heteroatoms. The van der Waals surface area contributed by atoms with Crippen molar-refractivity contribution in [2.75, 3.05) is 0 Å². The average Bonchev–Trinajstić information content (AvgIpc) is 2.78. The third-order valence-corrected chi connectivity index (χ3v) is 2.25. The van der Waals surface area contributed by atoms with Crippen LogP contribution >= 0.6 is 0 Å². The minimum Gasteiger partial charge on any atom is -0.337 e. The van der Waals surface area contributed by atoms with Crippen molar-refractivity contribution in [3.05, 3.63) is 24.4 Å². The molecule has 17 heavy (non-hydrogen) atoms. The largest absolute Gasteiger partial charge is 0.337 e. The van der Waals surface area contributed by atoms with Crippen molar-refractivity contribution >= 4 is 0 Å². The van der Waals surface area contributed by atoms with Crippen molar-refractivity contribution in [3.8, 4) is 11.6 Å². The van der Waals surface area contributed by atoms with Gasteiger partial charge in [-0.05, 0) is 18.4 Å². The van der Waals surface area contributed by atoms with Crippen molar-refractivity contribution < 1.29 is 4.52 Å². The summed E-state index contributed by atoms with van der Waals surface area (Å²) >= 11 is 0. The van der Waals surface area contributed by atoms with Gasteiger partial charge in [-0.25, -0.2) is 9.97 Å². The highest BCUT2D eigenvalue weighted by Gasteiger charge is 2.17. The van der Waals surface area contributed by atoms with E-state index in [1.165, 1.54) is 0 Å². The van der Waals surface area contributed by atoms with Gasteiger partial charge in [-0.15, -0.1) is 0 Å². The summed E-state index contributed by atoms with van der Waals surface area (Å²) in [5.74, 6) is 1.73. The molecule has 2 N–H and O–H groups in total. The van der Waals surface area contributed by atoms with Crippen molar-refractivity contribution in [2.45, 2.75) is 26.3 Å². The summed E-state index contributed by atoms with van der Waals surface area (Å²) < 4.78 is 5.12. The van der Waals surface area contributed by atoms with Gasteiger partial charge in [0.15, 0.2) is 0 Å². The van der Waals surface area contributed by atoms with E-state index in [1.54, 1.807) is 18.5 Å². The molecule has 0 amide bonds. The molecular weight excluding hydrogens is 218 g/mol. The van der Waals surface area contributed by atoms with Crippen molar-refractivity contribution in [2.24, 2.45) is 11.7 Å². The number of rotatable bonds is 4. The number of hydrogen-bond acceptors (Lipinski definition) is 6. The first kappa shape index (κ1) is 11.7. The zero-order chi connectivity index (χ0) is 12.3. The SMILES string of the molecule is CC(C)C[C@H](N)c1nc(-c2ncccn2)no1. The fourth-order valence-electron chi connectivity index (χ4n) is 1.50. The molecule has 1 atom stereocenters. The molecule has 0 bridgehead atoms. The zero-order valence-corrected chi connectivity index (χ0v) is 9.87. The van der Waals surface area contributed by atoms with Gasteiger partial charge >= 0.3 is 0 Å². The molecule has 0 saturated carbocycles. The molecule has 2 rings (SSSR count). The number of aromatic nitrogens is 4. The molecule has 0 aromatic carbocycles. The Labute approximate surface area is 99.3 Å². The fraction of sp³-hybridized carbons (Fsp3) is 0.455. The van der Waals surface area contributed by atoms with Crippen LogP contribution in [0.4, 0.5) is 0 Å². The molecular formula is C11H15N5O. The zero-order valence-electron chi connectivity index (χ0n) is 9.87. The van der Waals surface area contributed by atoms with Gasteiger partial charge in [-0.1, -0.05) is 19.0 Å². The predicted molar refractivity (Wildman–Crippen MR) is 61.7 cm³/mol. The minimum absolute atomic E-state index is 0.236. The van der Waals surface area contributed by atoms with E-state index in [4.69, 9.17) is 10.3 Å². The Morgan fingerprint density at radius 2 is 1.94 bits per heavy atom. The lowest BCUT2D eigenvalue weighted by Crippen LogP contribution is -2.13. The van der Waals surface area contributed by atoms with Crippen LogP contribution in [0.5, 0.6) is 0 Å². The molecule has 0 aliphatic carbocycles. The maximum absolute atomic E-state index is 5.95. The van der Waals surface area contributed by atoms with Gasteiger partial charge in [0.25, 0.3) is 0 Å². The molecule has 2 heterocycles. The van der Waals surface area contributed by atoms with Crippen LogP contribution in [0.3, 0.4) is 0 Å². The molecule has 2 aromatic rings. The van der Waals surface area contributed by atoms with Crippen LogP contribution in [0, 0.1) is 5.92 Å². The topological polar surface area (TPSA) is 90.7 Å². The quantitative estimate of drug-likeness (QED) is 0.861. The average molecular weight is 233 g/mol. The van der Waals surface area contributed by atoms with Crippen molar-refractivity contribution in [1.29, 1.82) is 0 Å². The van der Waals surface area contributed by atoms with Gasteiger partial charge in [-0.2, -0.15) is 4.98 Å². The molecule has 0 unspecified atom stereocenters. The van der Waals surface area contributed by atoms with Crippen molar-refractivity contribution in [1.82, 2.24) is 20.1 Å². The van der Waals surface area contributed by atoms with Crippen LogP contribution in [-0.2, 0) is 0 Å². The molecule has 0 saturated heterocycles. The Hall–Kier alpha value is -1.82. The third kappa shape index (κ3) is 2.85. The molecule has 0 aliphatic rings. The Morgan fingerprint density at radius 3 is 2.59 bits per heavy atom. The van der Waals surface area contributed by atoms with E-state index in [9.17, 15) is 0 Å². The predicted octanol–water partition coefficient (Wildman–Crippen LogP) is 1.57. The summed E-state index contributed by atoms with van der Waals surface area (Å²) in [7, 11) is 0. The maximum Gasteiger partial charge on any atom is 0.243 e. The molecule has 6 nitrogen and oxygen atoms in total. The van der Waals surface area contributed by atoms with E-state index in [0.717, 1.165) is 6.42 Å². The van der Waals surface area contributed by atoms with Gasteiger partial charge < -0.3 is 10.3 Å². The van der Waals surface area contributed by atoms with Crippen LogP contribution < -0.4 is 5.73 Å². The monoisotopic (exact) mass is 233 g/mol. The third-order valence-electron chi connectivity index (χ3n) is 2.25. The molecule has 2 aromatic heterocycles. The lowest BCUT2D eigenvalue weighted by Gasteiger charge is -2.08.